The number of nitrogens with one attached hydrogen (secondary N) is 1. The Morgan fingerprint density at radius 1 is 1.11 bits per heavy atom. The molecule has 3 aromatic rings. The van der Waals surface area contributed by atoms with E-state index in [0.29, 0.717) is 33.7 Å². The number of benzene rings is 2. The molecule has 4 rings (SSSR count). The summed E-state index contributed by atoms with van der Waals surface area (Å²) in [5.41, 5.74) is 3.56. The zero-order valence-corrected chi connectivity index (χ0v) is 22.0. The molecule has 0 saturated carbocycles. The molecule has 1 aliphatic rings. The number of nitrogens with zero attached hydrogens (tertiary/aromatic N) is 1. The topological polar surface area (TPSA) is 86.8 Å². The van der Waals surface area contributed by atoms with Crippen molar-refractivity contribution in [3.8, 4) is 11.5 Å². The third kappa shape index (κ3) is 5.26. The van der Waals surface area contributed by atoms with Gasteiger partial charge in [0.2, 0.25) is 0 Å². The van der Waals surface area contributed by atoms with Crippen LogP contribution in [-0.2, 0) is 22.4 Å². The first kappa shape index (κ1) is 25.8. The van der Waals surface area contributed by atoms with Crippen molar-refractivity contribution in [2.75, 3.05) is 26.1 Å². The van der Waals surface area contributed by atoms with Crippen LogP contribution < -0.4 is 14.8 Å². The van der Waals surface area contributed by atoms with Crippen LogP contribution >= 0.6 is 11.6 Å². The van der Waals surface area contributed by atoms with Gasteiger partial charge in [-0.1, -0.05) is 50.6 Å². The number of rotatable bonds is 6. The lowest BCUT2D eigenvalue weighted by Crippen LogP contribution is -2.29. The first-order valence-corrected chi connectivity index (χ1v) is 12.3. The number of methoxy groups -OCH3 is 2. The van der Waals surface area contributed by atoms with Gasteiger partial charge >= 0.3 is 5.97 Å². The van der Waals surface area contributed by atoms with Gasteiger partial charge in [0, 0.05) is 17.1 Å². The molecule has 36 heavy (non-hydrogen) atoms. The minimum Gasteiger partial charge on any atom is -0.495 e. The summed E-state index contributed by atoms with van der Waals surface area (Å²) in [5, 5.41) is 3.74. The lowest BCUT2D eigenvalue weighted by atomic mass is 9.70. The Kier molecular flexibility index (Phi) is 7.41. The number of anilines is 1. The fraction of sp³-hybridized carbons (Fsp3) is 0.393. The van der Waals surface area contributed by atoms with Gasteiger partial charge in [0.05, 0.1) is 36.0 Å². The van der Waals surface area contributed by atoms with E-state index in [9.17, 15) is 9.59 Å². The van der Waals surface area contributed by atoms with Crippen molar-refractivity contribution >= 4 is 40.1 Å². The van der Waals surface area contributed by atoms with Gasteiger partial charge in [0.25, 0.3) is 5.91 Å². The molecule has 1 atom stereocenters. The first-order valence-electron chi connectivity index (χ1n) is 11.9. The lowest BCUT2D eigenvalue weighted by molar-refractivity contribution is -0.119. The standard InChI is InChI=1S/C28H31ClN2O5/c1-28(2,3)16-10-11-21-18(12-16)26(17-8-6-7-9-20(17)30-21)27(33)36-15-25(32)31-22-13-19(29)23(34-4)14-24(22)35-5/h6-9,13-14,16H,10-12,15H2,1-5H3,(H,31,32). The van der Waals surface area contributed by atoms with Crippen LogP contribution in [0.5, 0.6) is 11.5 Å². The average Bonchev–Trinajstić information content (AvgIpc) is 2.85. The molecule has 0 saturated heterocycles. The number of carbonyl (C=O) groups excluding carboxylic acids is 2. The molecule has 1 N–H and O–H groups in total. The minimum atomic E-state index is -0.533. The second-order valence-corrected chi connectivity index (χ2v) is 10.5. The fourth-order valence-electron chi connectivity index (χ4n) is 4.71. The molecule has 1 aliphatic carbocycles. The number of hydrogen-bond donors (Lipinski definition) is 1. The van der Waals surface area contributed by atoms with Crippen LogP contribution in [0.25, 0.3) is 10.9 Å². The van der Waals surface area contributed by atoms with Crippen molar-refractivity contribution < 1.29 is 23.8 Å². The van der Waals surface area contributed by atoms with Gasteiger partial charge in [0.1, 0.15) is 11.5 Å². The highest BCUT2D eigenvalue weighted by Gasteiger charge is 2.33. The van der Waals surface area contributed by atoms with Crippen molar-refractivity contribution in [1.29, 1.82) is 0 Å². The Balaban J connectivity index is 1.58. The van der Waals surface area contributed by atoms with Crippen LogP contribution in [-0.4, -0.2) is 37.7 Å². The van der Waals surface area contributed by atoms with Gasteiger partial charge in [-0.15, -0.1) is 0 Å². The first-order chi connectivity index (χ1) is 17.1. The van der Waals surface area contributed by atoms with Crippen LogP contribution in [0.1, 0.15) is 48.8 Å². The average molecular weight is 511 g/mol. The van der Waals surface area contributed by atoms with Crippen LogP contribution in [0.15, 0.2) is 36.4 Å². The monoisotopic (exact) mass is 510 g/mol. The second kappa shape index (κ2) is 10.3. The number of amides is 1. The summed E-state index contributed by atoms with van der Waals surface area (Å²) in [6.45, 7) is 6.21. The van der Waals surface area contributed by atoms with Crippen LogP contribution in [0, 0.1) is 11.3 Å². The third-order valence-corrected chi connectivity index (χ3v) is 7.07. The maximum atomic E-state index is 13.4. The predicted molar refractivity (Wildman–Crippen MR) is 140 cm³/mol. The highest BCUT2D eigenvalue weighted by atomic mass is 35.5. The number of carbonyl (C=O) groups is 2. The maximum absolute atomic E-state index is 13.4. The Hall–Kier alpha value is -3.32. The van der Waals surface area contributed by atoms with E-state index >= 15 is 0 Å². The normalized spacial score (nSPS) is 15.2. The Labute approximate surface area is 216 Å². The number of aryl methyl sites for hydroxylation is 1. The molecule has 0 spiro atoms. The highest BCUT2D eigenvalue weighted by molar-refractivity contribution is 6.32. The molecule has 1 amide bonds. The van der Waals surface area contributed by atoms with Gasteiger partial charge < -0.3 is 19.5 Å². The van der Waals surface area contributed by atoms with E-state index in [0.717, 1.165) is 41.4 Å². The molecule has 1 heterocycles. The quantitative estimate of drug-likeness (QED) is 0.418. The molecule has 1 aromatic heterocycles. The van der Waals surface area contributed by atoms with Crippen molar-refractivity contribution in [2.24, 2.45) is 11.3 Å². The maximum Gasteiger partial charge on any atom is 0.339 e. The molecule has 0 bridgehead atoms. The molecular weight excluding hydrogens is 480 g/mol. The largest absolute Gasteiger partial charge is 0.495 e. The highest BCUT2D eigenvalue weighted by Crippen LogP contribution is 2.40. The van der Waals surface area contributed by atoms with E-state index in [4.69, 9.17) is 30.8 Å². The van der Waals surface area contributed by atoms with Gasteiger partial charge in [0.15, 0.2) is 6.61 Å². The Bertz CT molecular complexity index is 1320. The van der Waals surface area contributed by atoms with E-state index in [-0.39, 0.29) is 5.41 Å². The predicted octanol–water partition coefficient (Wildman–Crippen LogP) is 5.85. The summed E-state index contributed by atoms with van der Waals surface area (Å²) in [6.07, 6.45) is 2.57. The van der Waals surface area contributed by atoms with Gasteiger partial charge in [-0.3, -0.25) is 9.78 Å². The number of ether oxygens (including phenoxy) is 3. The molecule has 7 nitrogen and oxygen atoms in total. The number of halogens is 1. The molecule has 1 unspecified atom stereocenters. The molecule has 0 fully saturated rings. The van der Waals surface area contributed by atoms with Crippen LogP contribution in [0.4, 0.5) is 5.69 Å². The number of aromatic nitrogens is 1. The molecule has 2 aromatic carbocycles. The third-order valence-electron chi connectivity index (χ3n) is 6.77. The summed E-state index contributed by atoms with van der Waals surface area (Å²) in [4.78, 5) is 30.9. The van der Waals surface area contributed by atoms with Crippen LogP contribution in [0.3, 0.4) is 0 Å². The van der Waals surface area contributed by atoms with E-state index in [2.05, 4.69) is 26.1 Å². The summed E-state index contributed by atoms with van der Waals surface area (Å²) < 4.78 is 16.0. The SMILES string of the molecule is COc1cc(OC)c(NC(=O)COC(=O)c2c3c(nc4ccccc24)CCC(C(C)(C)C)C3)cc1Cl. The van der Waals surface area contributed by atoms with Crippen molar-refractivity contribution in [2.45, 2.75) is 40.0 Å². The second-order valence-electron chi connectivity index (χ2n) is 10.0. The number of para-hydroxylation sites is 1. The smallest absolute Gasteiger partial charge is 0.339 e. The van der Waals surface area contributed by atoms with E-state index in [1.54, 1.807) is 6.07 Å². The lowest BCUT2D eigenvalue weighted by Gasteiger charge is -2.35. The summed E-state index contributed by atoms with van der Waals surface area (Å²) in [7, 11) is 2.96. The Morgan fingerprint density at radius 2 is 1.83 bits per heavy atom. The number of hydrogen-bond acceptors (Lipinski definition) is 6. The molecule has 0 aliphatic heterocycles. The molecule has 8 heteroatoms. The summed E-state index contributed by atoms with van der Waals surface area (Å²) in [5.74, 6) is 0.159. The number of esters is 1. The fourth-order valence-corrected chi connectivity index (χ4v) is 4.95. The van der Waals surface area contributed by atoms with Crippen molar-refractivity contribution in [1.82, 2.24) is 4.98 Å². The van der Waals surface area contributed by atoms with Gasteiger partial charge in [-0.2, -0.15) is 0 Å². The molecule has 190 valence electrons. The summed E-state index contributed by atoms with van der Waals surface area (Å²) in [6, 6.07) is 10.7. The van der Waals surface area contributed by atoms with Crippen molar-refractivity contribution in [3.63, 3.8) is 0 Å². The summed E-state index contributed by atoms with van der Waals surface area (Å²) >= 11 is 6.19. The van der Waals surface area contributed by atoms with Crippen molar-refractivity contribution in [3.05, 3.63) is 58.2 Å². The zero-order valence-electron chi connectivity index (χ0n) is 21.2. The number of fused-ring (bicyclic) bond motifs is 2. The van der Waals surface area contributed by atoms with E-state index < -0.39 is 18.5 Å². The molecule has 0 radical (unpaired) electrons. The van der Waals surface area contributed by atoms with Gasteiger partial charge in [-0.25, -0.2) is 4.79 Å². The van der Waals surface area contributed by atoms with Gasteiger partial charge in [-0.05, 0) is 48.3 Å². The van der Waals surface area contributed by atoms with E-state index in [1.807, 2.05) is 24.3 Å². The minimum absolute atomic E-state index is 0.100. The zero-order chi connectivity index (χ0) is 26.0. The Morgan fingerprint density at radius 3 is 2.53 bits per heavy atom. The van der Waals surface area contributed by atoms with Crippen LogP contribution in [0.2, 0.25) is 5.02 Å². The molecular formula is C28H31ClN2O5. The van der Waals surface area contributed by atoms with E-state index in [1.165, 1.54) is 20.3 Å². The number of pyridine rings is 1.